The summed E-state index contributed by atoms with van der Waals surface area (Å²) >= 11 is 6.02. The predicted octanol–water partition coefficient (Wildman–Crippen LogP) is 3.34. The summed E-state index contributed by atoms with van der Waals surface area (Å²) in [7, 11) is 0. The number of hydrogen-bond donors (Lipinski definition) is 0. The van der Waals surface area contributed by atoms with Gasteiger partial charge in [-0.25, -0.2) is 9.97 Å². The number of alkyl halides is 1. The van der Waals surface area contributed by atoms with Crippen molar-refractivity contribution < 1.29 is 0 Å². The van der Waals surface area contributed by atoms with E-state index >= 15 is 0 Å². The van der Waals surface area contributed by atoms with E-state index in [4.69, 9.17) is 11.6 Å². The molecule has 2 aliphatic carbocycles. The van der Waals surface area contributed by atoms with E-state index in [1.54, 1.807) is 6.33 Å². The first-order valence-electron chi connectivity index (χ1n) is 7.55. The van der Waals surface area contributed by atoms with Gasteiger partial charge in [-0.2, -0.15) is 0 Å². The van der Waals surface area contributed by atoms with Crippen LogP contribution in [0.2, 0.25) is 0 Å². The Labute approximate surface area is 120 Å². The number of fused-ring (bicyclic) bond motifs is 1. The lowest BCUT2D eigenvalue weighted by Crippen LogP contribution is -2.37. The molecule has 1 aromatic rings. The van der Waals surface area contributed by atoms with Crippen LogP contribution in [0.15, 0.2) is 6.33 Å². The van der Waals surface area contributed by atoms with Crippen molar-refractivity contribution >= 4 is 17.4 Å². The molecule has 3 nitrogen and oxygen atoms in total. The van der Waals surface area contributed by atoms with Crippen LogP contribution in [-0.2, 0) is 12.8 Å². The number of aryl methyl sites for hydroxylation is 1. The molecule has 0 unspecified atom stereocenters. The van der Waals surface area contributed by atoms with Gasteiger partial charge >= 0.3 is 0 Å². The van der Waals surface area contributed by atoms with Crippen molar-refractivity contribution in [2.75, 3.05) is 17.3 Å². The van der Waals surface area contributed by atoms with Crippen LogP contribution in [0.25, 0.3) is 0 Å². The maximum absolute atomic E-state index is 6.02. The third kappa shape index (κ3) is 2.71. The van der Waals surface area contributed by atoms with Crippen molar-refractivity contribution in [3.05, 3.63) is 17.6 Å². The fourth-order valence-electron chi connectivity index (χ4n) is 3.52. The first-order chi connectivity index (χ1) is 9.40. The standard InChI is InChI=1S/C15H22ClN3/c16-9-10-19(12-5-1-2-6-12)15-13-7-3-4-8-14(13)17-11-18-15/h11-12H,1-10H2. The molecule has 0 aliphatic heterocycles. The van der Waals surface area contributed by atoms with E-state index in [1.807, 2.05) is 0 Å². The van der Waals surface area contributed by atoms with E-state index in [0.717, 1.165) is 19.4 Å². The number of aromatic nitrogens is 2. The van der Waals surface area contributed by atoms with Gasteiger partial charge in [0.1, 0.15) is 12.1 Å². The molecule has 0 radical (unpaired) electrons. The number of halogens is 1. The Morgan fingerprint density at radius 1 is 1.11 bits per heavy atom. The maximum atomic E-state index is 6.02. The van der Waals surface area contributed by atoms with Crippen molar-refractivity contribution in [3.8, 4) is 0 Å². The fraction of sp³-hybridized carbons (Fsp3) is 0.733. The lowest BCUT2D eigenvalue weighted by atomic mass is 9.96. The monoisotopic (exact) mass is 279 g/mol. The molecule has 1 heterocycles. The Kier molecular flexibility index (Phi) is 4.21. The molecule has 0 aromatic carbocycles. The lowest BCUT2D eigenvalue weighted by molar-refractivity contribution is 0.597. The quantitative estimate of drug-likeness (QED) is 0.792. The van der Waals surface area contributed by atoms with E-state index < -0.39 is 0 Å². The SMILES string of the molecule is ClCCN(c1ncnc2c1CCCC2)C1CCCC1. The van der Waals surface area contributed by atoms with E-state index in [0.29, 0.717) is 11.9 Å². The summed E-state index contributed by atoms with van der Waals surface area (Å²) in [5.74, 6) is 1.85. The Hall–Kier alpha value is -0.830. The average Bonchev–Trinajstić information content (AvgIpc) is 2.98. The molecule has 4 heteroatoms. The van der Waals surface area contributed by atoms with E-state index in [2.05, 4.69) is 14.9 Å². The molecule has 2 aliphatic rings. The molecular formula is C15H22ClN3. The lowest BCUT2D eigenvalue weighted by Gasteiger charge is -2.32. The molecule has 1 fully saturated rings. The Bertz CT molecular complexity index is 429. The Morgan fingerprint density at radius 3 is 2.68 bits per heavy atom. The highest BCUT2D eigenvalue weighted by Gasteiger charge is 2.27. The van der Waals surface area contributed by atoms with Gasteiger partial charge in [-0.15, -0.1) is 11.6 Å². The van der Waals surface area contributed by atoms with Gasteiger partial charge in [-0.05, 0) is 38.5 Å². The van der Waals surface area contributed by atoms with Crippen molar-refractivity contribution in [2.24, 2.45) is 0 Å². The molecule has 0 saturated heterocycles. The van der Waals surface area contributed by atoms with Crippen molar-refractivity contribution in [1.82, 2.24) is 9.97 Å². The van der Waals surface area contributed by atoms with E-state index in [-0.39, 0.29) is 0 Å². The van der Waals surface area contributed by atoms with Crippen molar-refractivity contribution in [1.29, 1.82) is 0 Å². The van der Waals surface area contributed by atoms with Gasteiger partial charge < -0.3 is 4.90 Å². The molecule has 0 spiro atoms. The highest BCUT2D eigenvalue weighted by atomic mass is 35.5. The number of nitrogens with zero attached hydrogens (tertiary/aromatic N) is 3. The van der Waals surface area contributed by atoms with Crippen LogP contribution in [0.3, 0.4) is 0 Å². The highest BCUT2D eigenvalue weighted by Crippen LogP contribution is 2.32. The minimum absolute atomic E-state index is 0.639. The number of hydrogen-bond acceptors (Lipinski definition) is 3. The molecule has 3 rings (SSSR count). The molecule has 0 atom stereocenters. The zero-order valence-electron chi connectivity index (χ0n) is 11.4. The molecule has 0 bridgehead atoms. The Balaban J connectivity index is 1.92. The normalized spacial score (nSPS) is 19.4. The second kappa shape index (κ2) is 6.08. The second-order valence-corrected chi connectivity index (χ2v) is 6.03. The van der Waals surface area contributed by atoms with Crippen LogP contribution in [0.1, 0.15) is 49.8 Å². The van der Waals surface area contributed by atoms with Crippen LogP contribution in [-0.4, -0.2) is 28.4 Å². The fourth-order valence-corrected chi connectivity index (χ4v) is 3.70. The van der Waals surface area contributed by atoms with Crippen LogP contribution < -0.4 is 4.90 Å². The molecule has 0 N–H and O–H groups in total. The maximum Gasteiger partial charge on any atom is 0.135 e. The largest absolute Gasteiger partial charge is 0.352 e. The van der Waals surface area contributed by atoms with Gasteiger partial charge in [0, 0.05) is 29.7 Å². The van der Waals surface area contributed by atoms with Gasteiger partial charge in [0.2, 0.25) is 0 Å². The van der Waals surface area contributed by atoms with Gasteiger partial charge in [-0.3, -0.25) is 0 Å². The molecule has 19 heavy (non-hydrogen) atoms. The van der Waals surface area contributed by atoms with Crippen molar-refractivity contribution in [3.63, 3.8) is 0 Å². The van der Waals surface area contributed by atoms with Gasteiger partial charge in [0.05, 0.1) is 0 Å². The van der Waals surface area contributed by atoms with Gasteiger partial charge in [0.25, 0.3) is 0 Å². The van der Waals surface area contributed by atoms with Gasteiger partial charge in [0.15, 0.2) is 0 Å². The summed E-state index contributed by atoms with van der Waals surface area (Å²) in [6.07, 6.45) is 11.8. The van der Waals surface area contributed by atoms with Gasteiger partial charge in [-0.1, -0.05) is 12.8 Å². The average molecular weight is 280 g/mol. The summed E-state index contributed by atoms with van der Waals surface area (Å²) in [5, 5.41) is 0. The third-order valence-electron chi connectivity index (χ3n) is 4.47. The van der Waals surface area contributed by atoms with Crippen LogP contribution >= 0.6 is 11.6 Å². The molecular weight excluding hydrogens is 258 g/mol. The topological polar surface area (TPSA) is 29.0 Å². The van der Waals surface area contributed by atoms with Crippen LogP contribution in [0.5, 0.6) is 0 Å². The Morgan fingerprint density at radius 2 is 1.89 bits per heavy atom. The van der Waals surface area contributed by atoms with E-state index in [1.165, 1.54) is 55.6 Å². The summed E-state index contributed by atoms with van der Waals surface area (Å²) in [6.45, 7) is 0.912. The molecule has 104 valence electrons. The molecule has 0 amide bonds. The second-order valence-electron chi connectivity index (χ2n) is 5.65. The minimum Gasteiger partial charge on any atom is -0.352 e. The summed E-state index contributed by atoms with van der Waals surface area (Å²) in [5.41, 5.74) is 2.67. The van der Waals surface area contributed by atoms with Crippen LogP contribution in [0.4, 0.5) is 5.82 Å². The zero-order chi connectivity index (χ0) is 13.1. The first-order valence-corrected chi connectivity index (χ1v) is 8.09. The summed E-state index contributed by atoms with van der Waals surface area (Å²) in [4.78, 5) is 11.6. The number of anilines is 1. The minimum atomic E-state index is 0.639. The van der Waals surface area contributed by atoms with Crippen molar-refractivity contribution in [2.45, 2.75) is 57.4 Å². The summed E-state index contributed by atoms with van der Waals surface area (Å²) in [6, 6.07) is 0.639. The van der Waals surface area contributed by atoms with E-state index in [9.17, 15) is 0 Å². The third-order valence-corrected chi connectivity index (χ3v) is 4.63. The zero-order valence-corrected chi connectivity index (χ0v) is 12.2. The predicted molar refractivity (Wildman–Crippen MR) is 79.0 cm³/mol. The molecule has 1 saturated carbocycles. The molecule has 1 aromatic heterocycles. The highest BCUT2D eigenvalue weighted by molar-refractivity contribution is 6.18. The summed E-state index contributed by atoms with van der Waals surface area (Å²) < 4.78 is 0. The number of rotatable bonds is 4. The smallest absolute Gasteiger partial charge is 0.135 e. The van der Waals surface area contributed by atoms with Crippen LogP contribution in [0, 0.1) is 0 Å². The first kappa shape index (κ1) is 13.2.